The van der Waals surface area contributed by atoms with E-state index in [0.29, 0.717) is 29.0 Å². The highest BCUT2D eigenvalue weighted by molar-refractivity contribution is 5.94. The zero-order chi connectivity index (χ0) is 16.2. The number of aromatic nitrogens is 2. The number of nitrogens with zero attached hydrogens (tertiary/aromatic N) is 1. The maximum absolute atomic E-state index is 12.0. The lowest BCUT2D eigenvalue weighted by molar-refractivity contribution is 0.0963. The van der Waals surface area contributed by atoms with Crippen LogP contribution in [0.1, 0.15) is 15.9 Å². The number of amides is 1. The fourth-order valence-corrected chi connectivity index (χ4v) is 2.32. The quantitative estimate of drug-likeness (QED) is 0.687. The minimum Gasteiger partial charge on any atom is -0.355 e. The Morgan fingerprint density at radius 2 is 2.00 bits per heavy atom. The topological polar surface area (TPSA) is 86.9 Å². The molecule has 3 rings (SSSR count). The standard InChI is InChI=1S/C17H16N4O2/c1-18-15(22)12-6-4-5-11(9-12)10-19-17-20-14-8-3-2-7-13(14)16(23)21-17/h2-9H,10H2,1H3,(H,18,22)(H2,19,20,21,23). The first-order valence-corrected chi connectivity index (χ1v) is 7.21. The van der Waals surface area contributed by atoms with Gasteiger partial charge >= 0.3 is 0 Å². The number of carbonyl (C=O) groups is 1. The van der Waals surface area contributed by atoms with Gasteiger partial charge < -0.3 is 10.6 Å². The number of fused-ring (bicyclic) bond motifs is 1. The number of anilines is 1. The predicted octanol–water partition coefficient (Wildman–Crippen LogP) is 1.89. The number of carbonyl (C=O) groups excluding carboxylic acids is 1. The zero-order valence-corrected chi connectivity index (χ0v) is 12.6. The molecule has 6 heteroatoms. The summed E-state index contributed by atoms with van der Waals surface area (Å²) in [6.45, 7) is 0.451. The van der Waals surface area contributed by atoms with Gasteiger partial charge in [0.1, 0.15) is 0 Å². The van der Waals surface area contributed by atoms with E-state index >= 15 is 0 Å². The Morgan fingerprint density at radius 3 is 2.83 bits per heavy atom. The van der Waals surface area contributed by atoms with Crippen LogP contribution in [0, 0.1) is 0 Å². The van der Waals surface area contributed by atoms with Gasteiger partial charge in [-0.2, -0.15) is 0 Å². The summed E-state index contributed by atoms with van der Waals surface area (Å²) < 4.78 is 0. The summed E-state index contributed by atoms with van der Waals surface area (Å²) in [5.74, 6) is 0.267. The molecule has 0 saturated heterocycles. The van der Waals surface area contributed by atoms with Crippen LogP contribution in [0.15, 0.2) is 53.3 Å². The predicted molar refractivity (Wildman–Crippen MR) is 89.5 cm³/mol. The molecule has 0 unspecified atom stereocenters. The number of aromatic amines is 1. The van der Waals surface area contributed by atoms with Crippen LogP contribution in [0.3, 0.4) is 0 Å². The van der Waals surface area contributed by atoms with Crippen LogP contribution in [0.25, 0.3) is 10.9 Å². The molecule has 0 radical (unpaired) electrons. The third-order valence-electron chi connectivity index (χ3n) is 3.49. The highest BCUT2D eigenvalue weighted by Crippen LogP contribution is 2.10. The molecular weight excluding hydrogens is 292 g/mol. The Hall–Kier alpha value is -3.15. The van der Waals surface area contributed by atoms with Crippen molar-refractivity contribution in [2.45, 2.75) is 6.54 Å². The fraction of sp³-hybridized carbons (Fsp3) is 0.118. The smallest absolute Gasteiger partial charge is 0.260 e. The maximum Gasteiger partial charge on any atom is 0.260 e. The fourth-order valence-electron chi connectivity index (χ4n) is 2.32. The van der Waals surface area contributed by atoms with E-state index in [9.17, 15) is 9.59 Å². The van der Waals surface area contributed by atoms with Crippen LogP contribution in [0.4, 0.5) is 5.95 Å². The lowest BCUT2D eigenvalue weighted by atomic mass is 10.1. The van der Waals surface area contributed by atoms with Crippen LogP contribution in [0.2, 0.25) is 0 Å². The molecule has 0 saturated carbocycles. The van der Waals surface area contributed by atoms with E-state index in [0.717, 1.165) is 5.56 Å². The molecule has 0 aliphatic carbocycles. The first-order valence-electron chi connectivity index (χ1n) is 7.21. The van der Waals surface area contributed by atoms with E-state index in [1.807, 2.05) is 18.2 Å². The summed E-state index contributed by atoms with van der Waals surface area (Å²) in [6.07, 6.45) is 0. The SMILES string of the molecule is CNC(=O)c1cccc(CNc2nc3ccccc3c(=O)[nH]2)c1. The summed E-state index contributed by atoms with van der Waals surface area (Å²) in [7, 11) is 1.59. The summed E-state index contributed by atoms with van der Waals surface area (Å²) >= 11 is 0. The molecule has 23 heavy (non-hydrogen) atoms. The van der Waals surface area contributed by atoms with E-state index in [1.54, 1.807) is 37.4 Å². The number of H-pyrrole nitrogens is 1. The Kier molecular flexibility index (Phi) is 4.05. The minimum absolute atomic E-state index is 0.135. The summed E-state index contributed by atoms with van der Waals surface area (Å²) in [5, 5.41) is 6.23. The van der Waals surface area contributed by atoms with Gasteiger partial charge in [0.2, 0.25) is 5.95 Å². The molecule has 3 aromatic rings. The van der Waals surface area contributed by atoms with Gasteiger partial charge in [-0.05, 0) is 29.8 Å². The zero-order valence-electron chi connectivity index (χ0n) is 12.6. The second kappa shape index (κ2) is 6.31. The van der Waals surface area contributed by atoms with Crippen molar-refractivity contribution < 1.29 is 4.79 Å². The Balaban J connectivity index is 1.81. The summed E-state index contributed by atoms with van der Waals surface area (Å²) in [6, 6.07) is 14.4. The van der Waals surface area contributed by atoms with Gasteiger partial charge in [-0.1, -0.05) is 24.3 Å². The van der Waals surface area contributed by atoms with Crippen molar-refractivity contribution in [1.82, 2.24) is 15.3 Å². The van der Waals surface area contributed by atoms with Gasteiger partial charge in [0.15, 0.2) is 0 Å². The molecule has 0 atom stereocenters. The lowest BCUT2D eigenvalue weighted by Gasteiger charge is -2.08. The minimum atomic E-state index is -0.183. The van der Waals surface area contributed by atoms with Crippen molar-refractivity contribution in [1.29, 1.82) is 0 Å². The summed E-state index contributed by atoms with van der Waals surface area (Å²) in [4.78, 5) is 30.7. The Morgan fingerprint density at radius 1 is 1.17 bits per heavy atom. The number of benzene rings is 2. The molecule has 0 spiro atoms. The lowest BCUT2D eigenvalue weighted by Crippen LogP contribution is -2.18. The van der Waals surface area contributed by atoms with Gasteiger partial charge in [0.25, 0.3) is 11.5 Å². The highest BCUT2D eigenvalue weighted by atomic mass is 16.1. The average Bonchev–Trinajstić information content (AvgIpc) is 2.59. The van der Waals surface area contributed by atoms with E-state index in [4.69, 9.17) is 0 Å². The van der Waals surface area contributed by atoms with E-state index in [1.165, 1.54) is 0 Å². The average molecular weight is 308 g/mol. The molecule has 116 valence electrons. The third-order valence-corrected chi connectivity index (χ3v) is 3.49. The van der Waals surface area contributed by atoms with Crippen LogP contribution in [0.5, 0.6) is 0 Å². The van der Waals surface area contributed by atoms with Crippen molar-refractivity contribution in [2.24, 2.45) is 0 Å². The molecule has 2 aromatic carbocycles. The molecule has 0 bridgehead atoms. The molecule has 0 aliphatic rings. The van der Waals surface area contributed by atoms with Gasteiger partial charge in [-0.15, -0.1) is 0 Å². The largest absolute Gasteiger partial charge is 0.355 e. The van der Waals surface area contributed by atoms with Crippen molar-refractivity contribution in [3.05, 3.63) is 70.0 Å². The van der Waals surface area contributed by atoms with Gasteiger partial charge in [0.05, 0.1) is 10.9 Å². The third kappa shape index (κ3) is 3.21. The van der Waals surface area contributed by atoms with Crippen LogP contribution in [-0.2, 0) is 6.54 Å². The van der Waals surface area contributed by atoms with Crippen LogP contribution in [-0.4, -0.2) is 22.9 Å². The Bertz CT molecular complexity index is 918. The maximum atomic E-state index is 12.0. The van der Waals surface area contributed by atoms with Crippen molar-refractivity contribution in [3.63, 3.8) is 0 Å². The second-order valence-electron chi connectivity index (χ2n) is 5.06. The number of hydrogen-bond donors (Lipinski definition) is 3. The molecule has 1 heterocycles. The van der Waals surface area contributed by atoms with Gasteiger partial charge in [-0.25, -0.2) is 4.98 Å². The molecule has 0 aliphatic heterocycles. The molecular formula is C17H16N4O2. The van der Waals surface area contributed by atoms with E-state index in [-0.39, 0.29) is 11.5 Å². The van der Waals surface area contributed by atoms with Crippen LogP contribution < -0.4 is 16.2 Å². The Labute approximate surface area is 132 Å². The number of rotatable bonds is 4. The molecule has 1 amide bonds. The van der Waals surface area contributed by atoms with Gasteiger partial charge in [-0.3, -0.25) is 14.6 Å². The monoisotopic (exact) mass is 308 g/mol. The first kappa shape index (κ1) is 14.8. The normalized spacial score (nSPS) is 10.5. The van der Waals surface area contributed by atoms with Crippen molar-refractivity contribution >= 4 is 22.8 Å². The number of para-hydroxylation sites is 1. The van der Waals surface area contributed by atoms with Gasteiger partial charge in [0, 0.05) is 19.2 Å². The molecule has 6 nitrogen and oxygen atoms in total. The number of hydrogen-bond acceptors (Lipinski definition) is 4. The van der Waals surface area contributed by atoms with E-state index in [2.05, 4.69) is 20.6 Å². The highest BCUT2D eigenvalue weighted by Gasteiger charge is 2.05. The van der Waals surface area contributed by atoms with Crippen molar-refractivity contribution in [3.8, 4) is 0 Å². The number of nitrogens with one attached hydrogen (secondary N) is 3. The van der Waals surface area contributed by atoms with E-state index < -0.39 is 0 Å². The summed E-state index contributed by atoms with van der Waals surface area (Å²) in [5.41, 5.74) is 1.96. The van der Waals surface area contributed by atoms with Crippen molar-refractivity contribution in [2.75, 3.05) is 12.4 Å². The molecule has 3 N–H and O–H groups in total. The molecule has 0 fully saturated rings. The van der Waals surface area contributed by atoms with Crippen LogP contribution >= 0.6 is 0 Å². The second-order valence-corrected chi connectivity index (χ2v) is 5.06. The molecule has 1 aromatic heterocycles. The first-order chi connectivity index (χ1) is 11.2.